The fraction of sp³-hybridized carbons (Fsp3) is 0.444. The summed E-state index contributed by atoms with van der Waals surface area (Å²) in [4.78, 5) is 3.78. The number of alkyl halides is 3. The van der Waals surface area contributed by atoms with Gasteiger partial charge in [-0.25, -0.2) is 8.78 Å². The second-order valence-corrected chi connectivity index (χ2v) is 3.12. The summed E-state index contributed by atoms with van der Waals surface area (Å²) in [5, 5.41) is 8.99. The summed E-state index contributed by atoms with van der Waals surface area (Å²) in [5.41, 5.74) is 1.02. The number of aliphatic hydroxyl groups is 1. The van der Waals surface area contributed by atoms with E-state index in [2.05, 4.69) is 4.98 Å². The standard InChI is InChI=1S/C9H10ClF2NO/c1-5-8(4-14)6(2-10)7(3-13-5)9(11)12/h3,9,14H,2,4H2,1H3. The van der Waals surface area contributed by atoms with Crippen LogP contribution in [0.4, 0.5) is 8.78 Å². The van der Waals surface area contributed by atoms with Gasteiger partial charge in [0.15, 0.2) is 0 Å². The molecule has 0 aliphatic carbocycles. The van der Waals surface area contributed by atoms with Crippen LogP contribution in [0.1, 0.15) is 28.8 Å². The third-order valence-electron chi connectivity index (χ3n) is 2.07. The monoisotopic (exact) mass is 221 g/mol. The zero-order chi connectivity index (χ0) is 10.7. The Kier molecular flexibility index (Phi) is 3.77. The average molecular weight is 222 g/mol. The molecule has 1 aromatic heterocycles. The minimum Gasteiger partial charge on any atom is -0.392 e. The third-order valence-corrected chi connectivity index (χ3v) is 2.34. The Morgan fingerprint density at radius 2 is 2.14 bits per heavy atom. The second-order valence-electron chi connectivity index (χ2n) is 2.85. The van der Waals surface area contributed by atoms with Crippen molar-refractivity contribution in [2.75, 3.05) is 0 Å². The lowest BCUT2D eigenvalue weighted by Crippen LogP contribution is -2.04. The minimum absolute atomic E-state index is 0.0427. The van der Waals surface area contributed by atoms with Crippen molar-refractivity contribution in [1.29, 1.82) is 0 Å². The molecular formula is C9H10ClF2NO. The number of rotatable bonds is 3. The summed E-state index contributed by atoms with van der Waals surface area (Å²) in [5.74, 6) is -0.0427. The summed E-state index contributed by atoms with van der Waals surface area (Å²) < 4.78 is 25.0. The van der Waals surface area contributed by atoms with Crippen molar-refractivity contribution in [3.8, 4) is 0 Å². The lowest BCUT2D eigenvalue weighted by molar-refractivity contribution is 0.149. The van der Waals surface area contributed by atoms with Crippen LogP contribution in [0, 0.1) is 6.92 Å². The lowest BCUT2D eigenvalue weighted by atomic mass is 10.0. The van der Waals surface area contributed by atoms with Gasteiger partial charge in [0.2, 0.25) is 0 Å². The second kappa shape index (κ2) is 4.66. The van der Waals surface area contributed by atoms with E-state index in [-0.39, 0.29) is 23.6 Å². The molecule has 0 aliphatic heterocycles. The number of hydrogen-bond donors (Lipinski definition) is 1. The van der Waals surface area contributed by atoms with Crippen molar-refractivity contribution in [2.24, 2.45) is 0 Å². The third kappa shape index (κ3) is 2.01. The molecule has 1 N–H and O–H groups in total. The van der Waals surface area contributed by atoms with E-state index in [0.29, 0.717) is 11.3 Å². The minimum atomic E-state index is -2.61. The largest absolute Gasteiger partial charge is 0.392 e. The first-order chi connectivity index (χ1) is 6.61. The van der Waals surface area contributed by atoms with E-state index in [9.17, 15) is 8.78 Å². The van der Waals surface area contributed by atoms with E-state index in [1.165, 1.54) is 0 Å². The molecular weight excluding hydrogens is 212 g/mol. The molecule has 0 fully saturated rings. The molecule has 5 heteroatoms. The highest BCUT2D eigenvalue weighted by atomic mass is 35.5. The molecule has 1 heterocycles. The Bertz CT molecular complexity index is 331. The van der Waals surface area contributed by atoms with Crippen LogP contribution < -0.4 is 0 Å². The molecule has 0 saturated heterocycles. The van der Waals surface area contributed by atoms with Gasteiger partial charge < -0.3 is 5.11 Å². The van der Waals surface area contributed by atoms with Crippen LogP contribution in [0.15, 0.2) is 6.20 Å². The molecule has 1 aromatic rings. The van der Waals surface area contributed by atoms with Gasteiger partial charge in [0.05, 0.1) is 6.61 Å². The van der Waals surface area contributed by atoms with E-state index in [1.807, 2.05) is 0 Å². The maximum atomic E-state index is 12.5. The van der Waals surface area contributed by atoms with Crippen LogP contribution in [-0.2, 0) is 12.5 Å². The number of halogens is 3. The van der Waals surface area contributed by atoms with Crippen molar-refractivity contribution in [3.63, 3.8) is 0 Å². The first-order valence-electron chi connectivity index (χ1n) is 4.04. The van der Waals surface area contributed by atoms with Crippen molar-refractivity contribution < 1.29 is 13.9 Å². The Hall–Kier alpha value is -0.740. The SMILES string of the molecule is Cc1ncc(C(F)F)c(CCl)c1CO. The van der Waals surface area contributed by atoms with Crippen molar-refractivity contribution >= 4 is 11.6 Å². The molecule has 0 bridgehead atoms. The van der Waals surface area contributed by atoms with Crippen LogP contribution in [0.5, 0.6) is 0 Å². The van der Waals surface area contributed by atoms with Gasteiger partial charge >= 0.3 is 0 Å². The van der Waals surface area contributed by atoms with E-state index in [4.69, 9.17) is 16.7 Å². The molecule has 0 amide bonds. The fourth-order valence-corrected chi connectivity index (χ4v) is 1.59. The number of hydrogen-bond acceptors (Lipinski definition) is 2. The molecule has 0 spiro atoms. The number of nitrogens with zero attached hydrogens (tertiary/aromatic N) is 1. The molecule has 1 rings (SSSR count). The van der Waals surface area contributed by atoms with Crippen LogP contribution in [-0.4, -0.2) is 10.1 Å². The van der Waals surface area contributed by atoms with Gasteiger partial charge in [0.1, 0.15) is 0 Å². The predicted molar refractivity (Wildman–Crippen MR) is 49.4 cm³/mol. The highest BCUT2D eigenvalue weighted by Gasteiger charge is 2.17. The van der Waals surface area contributed by atoms with Gasteiger partial charge in [0.25, 0.3) is 6.43 Å². The smallest absolute Gasteiger partial charge is 0.265 e. The lowest BCUT2D eigenvalue weighted by Gasteiger charge is -2.12. The summed E-state index contributed by atoms with van der Waals surface area (Å²) in [6.07, 6.45) is -1.50. The van der Waals surface area contributed by atoms with Crippen molar-refractivity contribution in [3.05, 3.63) is 28.6 Å². The maximum absolute atomic E-state index is 12.5. The van der Waals surface area contributed by atoms with Crippen molar-refractivity contribution in [2.45, 2.75) is 25.8 Å². The van der Waals surface area contributed by atoms with E-state index >= 15 is 0 Å². The number of aromatic nitrogens is 1. The maximum Gasteiger partial charge on any atom is 0.265 e. The van der Waals surface area contributed by atoms with E-state index in [0.717, 1.165) is 6.20 Å². The molecule has 14 heavy (non-hydrogen) atoms. The van der Waals surface area contributed by atoms with Crippen LogP contribution in [0.3, 0.4) is 0 Å². The van der Waals surface area contributed by atoms with Crippen LogP contribution in [0.25, 0.3) is 0 Å². The molecule has 78 valence electrons. The van der Waals surface area contributed by atoms with Gasteiger partial charge in [-0.2, -0.15) is 0 Å². The molecule has 0 aromatic carbocycles. The zero-order valence-electron chi connectivity index (χ0n) is 7.60. The van der Waals surface area contributed by atoms with Crippen molar-refractivity contribution in [1.82, 2.24) is 4.98 Å². The Labute approximate surface area is 85.5 Å². The van der Waals surface area contributed by atoms with E-state index < -0.39 is 6.43 Å². The number of pyridine rings is 1. The Morgan fingerprint density at radius 3 is 2.57 bits per heavy atom. The normalized spacial score (nSPS) is 11.0. The average Bonchev–Trinajstić information content (AvgIpc) is 2.16. The molecule has 0 aliphatic rings. The zero-order valence-corrected chi connectivity index (χ0v) is 8.35. The van der Waals surface area contributed by atoms with Gasteiger partial charge in [-0.15, -0.1) is 11.6 Å². The highest BCUT2D eigenvalue weighted by molar-refractivity contribution is 6.17. The summed E-state index contributed by atoms with van der Waals surface area (Å²) in [6.45, 7) is 1.33. The molecule has 0 unspecified atom stereocenters. The van der Waals surface area contributed by atoms with E-state index in [1.54, 1.807) is 6.92 Å². The van der Waals surface area contributed by atoms with Gasteiger partial charge in [-0.05, 0) is 12.5 Å². The van der Waals surface area contributed by atoms with Gasteiger partial charge in [-0.3, -0.25) is 4.98 Å². The first kappa shape index (κ1) is 11.3. The predicted octanol–water partition coefficient (Wildman–Crippen LogP) is 2.56. The summed E-state index contributed by atoms with van der Waals surface area (Å²) >= 11 is 5.56. The quantitative estimate of drug-likeness (QED) is 0.796. The fourth-order valence-electron chi connectivity index (χ4n) is 1.27. The van der Waals surface area contributed by atoms with Gasteiger partial charge in [-0.1, -0.05) is 0 Å². The first-order valence-corrected chi connectivity index (χ1v) is 4.57. The molecule has 2 nitrogen and oxygen atoms in total. The summed E-state index contributed by atoms with van der Waals surface area (Å²) in [7, 11) is 0. The molecule has 0 atom stereocenters. The summed E-state index contributed by atoms with van der Waals surface area (Å²) in [6, 6.07) is 0. The molecule has 0 saturated carbocycles. The molecule has 0 radical (unpaired) electrons. The van der Waals surface area contributed by atoms with Crippen LogP contribution >= 0.6 is 11.6 Å². The van der Waals surface area contributed by atoms with Gasteiger partial charge in [0, 0.05) is 28.9 Å². The Morgan fingerprint density at radius 1 is 1.50 bits per heavy atom. The topological polar surface area (TPSA) is 33.1 Å². The highest BCUT2D eigenvalue weighted by Crippen LogP contribution is 2.27. The van der Waals surface area contributed by atoms with Crippen LogP contribution in [0.2, 0.25) is 0 Å². The number of aryl methyl sites for hydroxylation is 1. The number of aliphatic hydroxyl groups excluding tert-OH is 1. The Balaban J connectivity index is 3.33.